The first-order chi connectivity index (χ1) is 9.84. The third-order valence-electron chi connectivity index (χ3n) is 3.21. The molecule has 0 saturated carbocycles. The fraction of sp³-hybridized carbons (Fsp3) is 0.500. The molecule has 8 nitrogen and oxygen atoms in total. The molecule has 1 amide bonds. The first kappa shape index (κ1) is 15.5. The molecule has 1 fully saturated rings. The van der Waals surface area contributed by atoms with Gasteiger partial charge >= 0.3 is 5.97 Å². The molecule has 1 aliphatic rings. The van der Waals surface area contributed by atoms with Crippen LogP contribution in [0.2, 0.25) is 0 Å². The highest BCUT2D eigenvalue weighted by Crippen LogP contribution is 2.21. The van der Waals surface area contributed by atoms with Crippen molar-refractivity contribution >= 4 is 21.7 Å². The lowest BCUT2D eigenvalue weighted by Gasteiger charge is -2.28. The maximum Gasteiger partial charge on any atom is 0.371 e. The number of rotatable bonds is 4. The van der Waals surface area contributed by atoms with Gasteiger partial charge in [0.05, 0.1) is 13.2 Å². The Bertz CT molecular complexity index is 642. The van der Waals surface area contributed by atoms with Crippen molar-refractivity contribution in [3.05, 3.63) is 17.9 Å². The van der Waals surface area contributed by atoms with Crippen molar-refractivity contribution in [2.45, 2.75) is 17.3 Å². The molecule has 0 aliphatic carbocycles. The van der Waals surface area contributed by atoms with Crippen molar-refractivity contribution in [3.8, 4) is 0 Å². The molecule has 21 heavy (non-hydrogen) atoms. The number of amides is 1. The number of ether oxygens (including phenoxy) is 1. The van der Waals surface area contributed by atoms with Gasteiger partial charge in [-0.15, -0.1) is 0 Å². The van der Waals surface area contributed by atoms with Gasteiger partial charge in [-0.05, 0) is 19.1 Å². The van der Waals surface area contributed by atoms with Gasteiger partial charge in [-0.3, -0.25) is 4.79 Å². The van der Waals surface area contributed by atoms with Crippen LogP contribution in [0.4, 0.5) is 0 Å². The number of carbonyl (C=O) groups is 2. The highest BCUT2D eigenvalue weighted by molar-refractivity contribution is 7.92. The van der Waals surface area contributed by atoms with E-state index in [2.05, 4.69) is 0 Å². The fourth-order valence-corrected chi connectivity index (χ4v) is 3.16. The second-order valence-electron chi connectivity index (χ2n) is 4.55. The van der Waals surface area contributed by atoms with E-state index in [0.29, 0.717) is 26.3 Å². The van der Waals surface area contributed by atoms with Crippen LogP contribution in [-0.2, 0) is 19.4 Å². The zero-order chi connectivity index (χ0) is 15.6. The van der Waals surface area contributed by atoms with Crippen molar-refractivity contribution in [2.24, 2.45) is 0 Å². The summed E-state index contributed by atoms with van der Waals surface area (Å²) in [6.45, 7) is 2.65. The minimum atomic E-state index is -4.06. The predicted octanol–water partition coefficient (Wildman–Crippen LogP) is -0.00120. The summed E-state index contributed by atoms with van der Waals surface area (Å²) in [5.41, 5.74) is 0. The average molecular weight is 317 g/mol. The van der Waals surface area contributed by atoms with Gasteiger partial charge in [-0.2, -0.15) is 0 Å². The van der Waals surface area contributed by atoms with Crippen molar-refractivity contribution in [2.75, 3.05) is 26.3 Å². The summed E-state index contributed by atoms with van der Waals surface area (Å²) in [5.74, 6) is -2.41. The first-order valence-electron chi connectivity index (χ1n) is 6.27. The van der Waals surface area contributed by atoms with Crippen LogP contribution in [-0.4, -0.2) is 61.9 Å². The van der Waals surface area contributed by atoms with E-state index in [4.69, 9.17) is 14.3 Å². The van der Waals surface area contributed by atoms with E-state index in [1.807, 2.05) is 0 Å². The second kappa shape index (κ2) is 5.86. The molecule has 1 N–H and O–H groups in total. The van der Waals surface area contributed by atoms with E-state index in [1.165, 1.54) is 11.8 Å². The predicted molar refractivity (Wildman–Crippen MR) is 69.7 cm³/mol. The highest BCUT2D eigenvalue weighted by atomic mass is 32.2. The number of carbonyl (C=O) groups excluding carboxylic acids is 1. The molecule has 1 unspecified atom stereocenters. The minimum absolute atomic E-state index is 0.331. The van der Waals surface area contributed by atoms with Crippen LogP contribution in [0.5, 0.6) is 0 Å². The quantitative estimate of drug-likeness (QED) is 0.831. The normalized spacial score (nSPS) is 17.5. The summed E-state index contributed by atoms with van der Waals surface area (Å²) in [6, 6.07) is 2.09. The maximum absolute atomic E-state index is 12.3. The zero-order valence-electron chi connectivity index (χ0n) is 11.3. The molecule has 1 saturated heterocycles. The standard InChI is InChI=1S/C12H15NO7S/c1-8(11(14)13-4-6-19-7-5-13)21(17,18)10-3-2-9(20-10)12(15)16/h2-3,8H,4-7H2,1H3,(H,15,16). The molecule has 9 heteroatoms. The summed E-state index contributed by atoms with van der Waals surface area (Å²) < 4.78 is 34.5. The van der Waals surface area contributed by atoms with Crippen LogP contribution in [0, 0.1) is 0 Å². The van der Waals surface area contributed by atoms with Crippen LogP contribution >= 0.6 is 0 Å². The van der Waals surface area contributed by atoms with Gasteiger partial charge in [-0.25, -0.2) is 13.2 Å². The van der Waals surface area contributed by atoms with Crippen molar-refractivity contribution in [1.82, 2.24) is 4.90 Å². The minimum Gasteiger partial charge on any atom is -0.475 e. The van der Waals surface area contributed by atoms with Crippen LogP contribution in [0.25, 0.3) is 0 Å². The largest absolute Gasteiger partial charge is 0.475 e. The summed E-state index contributed by atoms with van der Waals surface area (Å²) in [5, 5.41) is 6.87. The molecular weight excluding hydrogens is 302 g/mol. The number of hydrogen-bond donors (Lipinski definition) is 1. The zero-order valence-corrected chi connectivity index (χ0v) is 12.1. The van der Waals surface area contributed by atoms with Crippen molar-refractivity contribution in [1.29, 1.82) is 0 Å². The number of aromatic carboxylic acids is 1. The Kier molecular flexibility index (Phi) is 4.33. The molecule has 1 atom stereocenters. The topological polar surface area (TPSA) is 114 Å². The van der Waals surface area contributed by atoms with Gasteiger partial charge < -0.3 is 19.2 Å². The van der Waals surface area contributed by atoms with E-state index >= 15 is 0 Å². The molecule has 2 heterocycles. The molecule has 116 valence electrons. The molecular formula is C12H15NO7S. The number of hydrogen-bond acceptors (Lipinski definition) is 6. The van der Waals surface area contributed by atoms with Crippen LogP contribution in [0.3, 0.4) is 0 Å². The molecule has 0 aromatic carbocycles. The van der Waals surface area contributed by atoms with Crippen LogP contribution < -0.4 is 0 Å². The third-order valence-corrected chi connectivity index (χ3v) is 5.12. The number of morpholine rings is 1. The van der Waals surface area contributed by atoms with Crippen LogP contribution in [0.1, 0.15) is 17.5 Å². The summed E-state index contributed by atoms with van der Waals surface area (Å²) >= 11 is 0. The molecule has 0 radical (unpaired) electrons. The number of carboxylic acids is 1. The van der Waals surface area contributed by atoms with E-state index in [1.54, 1.807) is 0 Å². The summed E-state index contributed by atoms with van der Waals surface area (Å²) in [6.07, 6.45) is 0. The Balaban J connectivity index is 2.20. The van der Waals surface area contributed by atoms with E-state index in [0.717, 1.165) is 12.1 Å². The van der Waals surface area contributed by atoms with Gasteiger partial charge in [0.15, 0.2) is 0 Å². The highest BCUT2D eigenvalue weighted by Gasteiger charge is 2.36. The van der Waals surface area contributed by atoms with E-state index in [9.17, 15) is 18.0 Å². The molecule has 1 aliphatic heterocycles. The van der Waals surface area contributed by atoms with Gasteiger partial charge in [0, 0.05) is 13.1 Å². The monoisotopic (exact) mass is 317 g/mol. The molecule has 2 rings (SSSR count). The number of sulfone groups is 1. The lowest BCUT2D eigenvalue weighted by Crippen LogP contribution is -2.47. The summed E-state index contributed by atoms with van der Waals surface area (Å²) in [7, 11) is -4.06. The first-order valence-corrected chi connectivity index (χ1v) is 7.82. The van der Waals surface area contributed by atoms with E-state index < -0.39 is 37.8 Å². The fourth-order valence-electron chi connectivity index (χ4n) is 1.94. The van der Waals surface area contributed by atoms with Gasteiger partial charge in [-0.1, -0.05) is 0 Å². The lowest BCUT2D eigenvalue weighted by atomic mass is 10.3. The average Bonchev–Trinajstić information content (AvgIpc) is 2.97. The molecule has 1 aromatic rings. The molecule has 1 aromatic heterocycles. The molecule has 0 bridgehead atoms. The van der Waals surface area contributed by atoms with Gasteiger partial charge in [0.2, 0.25) is 26.6 Å². The van der Waals surface area contributed by atoms with Gasteiger partial charge in [0.1, 0.15) is 5.25 Å². The number of furan rings is 1. The smallest absolute Gasteiger partial charge is 0.371 e. The SMILES string of the molecule is CC(C(=O)N1CCOCC1)S(=O)(=O)c1ccc(C(=O)O)o1. The number of carboxylic acid groups (broad SMARTS) is 1. The third kappa shape index (κ3) is 3.08. The van der Waals surface area contributed by atoms with Crippen molar-refractivity contribution in [3.63, 3.8) is 0 Å². The number of nitrogens with zero attached hydrogens (tertiary/aromatic N) is 1. The second-order valence-corrected chi connectivity index (χ2v) is 6.75. The Morgan fingerprint density at radius 2 is 1.90 bits per heavy atom. The summed E-state index contributed by atoms with van der Waals surface area (Å²) in [4.78, 5) is 24.3. The Labute approximate surface area is 121 Å². The van der Waals surface area contributed by atoms with Crippen LogP contribution in [0.15, 0.2) is 21.6 Å². The van der Waals surface area contributed by atoms with Crippen molar-refractivity contribution < 1.29 is 32.3 Å². The Hall–Kier alpha value is -1.87. The van der Waals surface area contributed by atoms with E-state index in [-0.39, 0.29) is 0 Å². The Morgan fingerprint density at radius 1 is 1.29 bits per heavy atom. The maximum atomic E-state index is 12.3. The Morgan fingerprint density at radius 3 is 2.43 bits per heavy atom. The lowest BCUT2D eigenvalue weighted by molar-refractivity contribution is -0.134. The molecule has 0 spiro atoms. The van der Waals surface area contributed by atoms with Gasteiger partial charge in [0.25, 0.3) is 0 Å².